The molecule has 6 fully saturated rings. The zero-order chi connectivity index (χ0) is 55.2. The maximum Gasteiger partial charge on any atom is 0.475 e. The predicted octanol–water partition coefficient (Wildman–Crippen LogP) is 14.4. The van der Waals surface area contributed by atoms with Crippen molar-refractivity contribution in [3.8, 4) is 0 Å². The van der Waals surface area contributed by atoms with E-state index in [0.29, 0.717) is 25.7 Å². The molecular weight excluding hydrogens is 1040 g/mol. The van der Waals surface area contributed by atoms with Gasteiger partial charge in [-0.2, -0.15) is 0 Å². The minimum Gasteiger partial charge on any atom is -0.414 e. The summed E-state index contributed by atoms with van der Waals surface area (Å²) in [5.41, 5.74) is 12.2. The summed E-state index contributed by atoms with van der Waals surface area (Å²) in [5.74, 6) is -1.99. The van der Waals surface area contributed by atoms with Crippen LogP contribution in [0.25, 0.3) is 10.4 Å². The number of fused-ring (bicyclic) bond motifs is 2. The highest BCUT2D eigenvalue weighted by atomic mass is 31.2. The normalized spacial score (nSPS) is 31.2. The second-order valence-electron chi connectivity index (χ2n) is 26.9. The van der Waals surface area contributed by atoms with Gasteiger partial charge in [-0.3, -0.25) is 13.6 Å². The summed E-state index contributed by atoms with van der Waals surface area (Å²) in [5, 5.41) is 4.08. The van der Waals surface area contributed by atoms with Gasteiger partial charge in [0.25, 0.3) is 0 Å². The number of hydrogen-bond acceptors (Lipinski definition) is 14. The standard InChI is InChI=1S/C56H92N3O13PSi3/c1-52(2,3)74(10,11)63-38-41-43(71-75(12,13)53(4,5)6)44(72-76(14,15)54(7,8)9)42(58-59-57)51(64-41)65-45-46-48(68-55(66-46)32-24-18-25-33-55)50(49-47(45)67-56(69-49)34-26-19-27-35-56)70-73(60,61-36-39-28-20-16-21-29-39)62-37-40-30-22-17-23-31-40/h16-17,20-23,28-31,41-51H,18-19,24-27,32-38H2,1-15H3/t41-,42-,43+,44-,45?,46-,47+,48-,49-,50?,51-/m1/s1. The summed E-state index contributed by atoms with van der Waals surface area (Å²) in [6.45, 7) is 33.4. The smallest absolute Gasteiger partial charge is 0.414 e. The van der Waals surface area contributed by atoms with E-state index >= 15 is 4.57 Å². The third kappa shape index (κ3) is 13.4. The first-order valence-electron chi connectivity index (χ1n) is 28.2. The highest BCUT2D eigenvalue weighted by molar-refractivity contribution is 7.48. The molecule has 2 unspecified atom stereocenters. The van der Waals surface area contributed by atoms with Crippen LogP contribution in [0.3, 0.4) is 0 Å². The third-order valence-electron chi connectivity index (χ3n) is 18.3. The van der Waals surface area contributed by atoms with Crippen LogP contribution in [0.1, 0.15) is 138 Å². The lowest BCUT2D eigenvalue weighted by molar-refractivity contribution is -0.302. The number of rotatable bonds is 18. The molecule has 0 N–H and O–H groups in total. The van der Waals surface area contributed by atoms with Crippen molar-refractivity contribution in [1.82, 2.24) is 0 Å². The number of benzene rings is 2. The average Bonchev–Trinajstić information content (AvgIpc) is 3.92. The van der Waals surface area contributed by atoms with E-state index in [1.54, 1.807) is 0 Å². The maximum absolute atomic E-state index is 15.5. The largest absolute Gasteiger partial charge is 0.475 e. The number of ether oxygens (including phenoxy) is 6. The molecule has 0 aromatic heterocycles. The van der Waals surface area contributed by atoms with Gasteiger partial charge in [-0.25, -0.2) is 4.57 Å². The Bertz CT molecular complexity index is 2240. The Morgan fingerprint density at radius 2 is 1.00 bits per heavy atom. The van der Waals surface area contributed by atoms with Crippen LogP contribution in [0, 0.1) is 0 Å². The number of phosphoric acid groups is 1. The fourth-order valence-corrected chi connectivity index (χ4v) is 15.6. The molecule has 2 spiro atoms. The van der Waals surface area contributed by atoms with Crippen molar-refractivity contribution in [3.63, 3.8) is 0 Å². The minimum atomic E-state index is -4.44. The predicted molar refractivity (Wildman–Crippen MR) is 300 cm³/mol. The zero-order valence-electron chi connectivity index (χ0n) is 48.4. The number of hydrogen-bond donors (Lipinski definition) is 0. The fourth-order valence-electron chi connectivity index (χ4n) is 10.6. The quantitative estimate of drug-likeness (QED) is 0.0453. The van der Waals surface area contributed by atoms with Gasteiger partial charge in [0.15, 0.2) is 42.8 Å². The molecule has 16 nitrogen and oxygen atoms in total. The van der Waals surface area contributed by atoms with Crippen molar-refractivity contribution >= 4 is 32.8 Å². The van der Waals surface area contributed by atoms with E-state index in [4.69, 9.17) is 55.3 Å². The summed E-state index contributed by atoms with van der Waals surface area (Å²) in [6, 6.07) is 18.0. The summed E-state index contributed by atoms with van der Waals surface area (Å²) >= 11 is 0. The van der Waals surface area contributed by atoms with Gasteiger partial charge in [-0.15, -0.1) is 0 Å². The topological polar surface area (TPSA) is 177 Å². The van der Waals surface area contributed by atoms with E-state index < -0.39 is 112 Å². The first kappa shape index (κ1) is 60.3. The minimum absolute atomic E-state index is 0.0332. The summed E-state index contributed by atoms with van der Waals surface area (Å²) in [4.78, 5) is 3.51. The van der Waals surface area contributed by atoms with E-state index in [-0.39, 0.29) is 34.9 Å². The lowest BCUT2D eigenvalue weighted by Crippen LogP contribution is -2.68. The molecular formula is C56H92N3O13PSi3. The van der Waals surface area contributed by atoms with Crippen LogP contribution in [-0.2, 0) is 73.0 Å². The van der Waals surface area contributed by atoms with E-state index in [1.165, 1.54) is 0 Å². The molecule has 0 radical (unpaired) electrons. The molecule has 6 aliphatic rings. The molecule has 8 rings (SSSR count). The van der Waals surface area contributed by atoms with Gasteiger partial charge in [-0.05, 0) is 96.7 Å². The van der Waals surface area contributed by atoms with Gasteiger partial charge < -0.3 is 41.7 Å². The highest BCUT2D eigenvalue weighted by Gasteiger charge is 2.69. The zero-order valence-corrected chi connectivity index (χ0v) is 52.3. The molecule has 3 heterocycles. The van der Waals surface area contributed by atoms with Crippen molar-refractivity contribution in [2.24, 2.45) is 5.11 Å². The van der Waals surface area contributed by atoms with Crippen LogP contribution in [0.5, 0.6) is 0 Å². The Morgan fingerprint density at radius 1 is 0.592 bits per heavy atom. The van der Waals surface area contributed by atoms with Crippen molar-refractivity contribution in [2.45, 2.75) is 273 Å². The van der Waals surface area contributed by atoms with Crippen LogP contribution >= 0.6 is 7.82 Å². The molecule has 2 aromatic rings. The van der Waals surface area contributed by atoms with Crippen molar-refractivity contribution in [3.05, 3.63) is 82.2 Å². The molecule has 3 aliphatic heterocycles. The molecule has 20 heteroatoms. The summed E-state index contributed by atoms with van der Waals surface area (Å²) < 4.78 is 101. The maximum atomic E-state index is 15.5. The summed E-state index contributed by atoms with van der Waals surface area (Å²) in [7, 11) is -12.1. The highest BCUT2D eigenvalue weighted by Crippen LogP contribution is 2.59. The molecule has 76 heavy (non-hydrogen) atoms. The average molecular weight is 1130 g/mol. The van der Waals surface area contributed by atoms with Gasteiger partial charge >= 0.3 is 7.82 Å². The number of phosphoric ester groups is 1. The third-order valence-corrected chi connectivity index (χ3v) is 33.1. The van der Waals surface area contributed by atoms with Gasteiger partial charge in [0, 0.05) is 30.6 Å². The van der Waals surface area contributed by atoms with E-state index in [9.17, 15) is 5.53 Å². The van der Waals surface area contributed by atoms with Crippen molar-refractivity contribution in [2.75, 3.05) is 6.61 Å². The van der Waals surface area contributed by atoms with Gasteiger partial charge in [0.2, 0.25) is 0 Å². The Balaban J connectivity index is 1.23. The van der Waals surface area contributed by atoms with Crippen LogP contribution in [0.2, 0.25) is 54.4 Å². The Labute approximate surface area is 457 Å². The van der Waals surface area contributed by atoms with Gasteiger partial charge in [-0.1, -0.05) is 141 Å². The van der Waals surface area contributed by atoms with E-state index in [0.717, 1.165) is 49.7 Å². The SMILES string of the molecule is CC(C)(C)[Si](C)(C)OC[C@H]1O[C@H](OC2[C@H]3OC4(CCCCC4)O[C@H]3C(OP(=O)(OCc3ccccc3)OCc3ccccc3)[C@@H]3OC4(CCCCC4)O[C@@H]23)[C@H](N=[N+]=[N-])[C@@H](O[Si](C)(C)C(C)(C)C)[C@H]1O[Si](C)(C)C(C)(C)C. The van der Waals surface area contributed by atoms with E-state index in [2.05, 4.69) is 112 Å². The fraction of sp³-hybridized carbons (Fsp3) is 0.786. The van der Waals surface area contributed by atoms with Crippen LogP contribution in [0.4, 0.5) is 0 Å². The number of nitrogens with zero attached hydrogens (tertiary/aromatic N) is 3. The lowest BCUT2D eigenvalue weighted by atomic mass is 9.84. The molecule has 2 aromatic carbocycles. The molecule has 3 saturated carbocycles. The number of azide groups is 1. The van der Waals surface area contributed by atoms with Crippen molar-refractivity contribution < 1.29 is 59.8 Å². The second kappa shape index (κ2) is 23.2. The Kier molecular flexibility index (Phi) is 18.4. The Hall–Kier alpha value is -1.85. The van der Waals surface area contributed by atoms with Gasteiger partial charge in [0.05, 0.1) is 32.0 Å². The molecule has 426 valence electrons. The first-order valence-corrected chi connectivity index (χ1v) is 38.4. The monoisotopic (exact) mass is 1130 g/mol. The summed E-state index contributed by atoms with van der Waals surface area (Å²) in [6.07, 6.45) is -0.708. The van der Waals surface area contributed by atoms with Gasteiger partial charge in [0.1, 0.15) is 48.8 Å². The van der Waals surface area contributed by atoms with Crippen LogP contribution in [-0.4, -0.2) is 110 Å². The second-order valence-corrected chi connectivity index (χ2v) is 42.8. The first-order chi connectivity index (χ1) is 35.5. The van der Waals surface area contributed by atoms with E-state index in [1.807, 2.05) is 60.7 Å². The molecule has 3 aliphatic carbocycles. The molecule has 0 bridgehead atoms. The van der Waals surface area contributed by atoms with Crippen LogP contribution in [0.15, 0.2) is 65.8 Å². The molecule has 0 amide bonds. The lowest BCUT2D eigenvalue weighted by Gasteiger charge is -2.53. The molecule has 11 atom stereocenters. The van der Waals surface area contributed by atoms with Crippen LogP contribution < -0.4 is 0 Å². The van der Waals surface area contributed by atoms with Crippen molar-refractivity contribution in [1.29, 1.82) is 0 Å². The Morgan fingerprint density at radius 3 is 1.41 bits per heavy atom. The molecule has 3 saturated heterocycles.